The number of hydrogen-bond acceptors (Lipinski definition) is 6. The third-order valence-corrected chi connectivity index (χ3v) is 6.59. The summed E-state index contributed by atoms with van der Waals surface area (Å²) in [5.41, 5.74) is 0.647. The largest absolute Gasteiger partial charge is 0.454 e. The van der Waals surface area contributed by atoms with Crippen LogP contribution in [-0.2, 0) is 24.3 Å². The molecule has 32 heavy (non-hydrogen) atoms. The zero-order valence-corrected chi connectivity index (χ0v) is 19.0. The van der Waals surface area contributed by atoms with E-state index in [1.54, 1.807) is 44.2 Å². The van der Waals surface area contributed by atoms with Gasteiger partial charge in [0.25, 0.3) is 11.8 Å². The topological polar surface area (TPSA) is 122 Å². The van der Waals surface area contributed by atoms with Gasteiger partial charge in [0.1, 0.15) is 6.04 Å². The molecular weight excluding hydrogens is 434 g/mol. The van der Waals surface area contributed by atoms with Crippen LogP contribution in [-0.4, -0.2) is 56.2 Å². The second kappa shape index (κ2) is 11.4. The number of carbonyl (C=O) groups excluding carboxylic acids is 3. The summed E-state index contributed by atoms with van der Waals surface area (Å²) in [4.78, 5) is 36.4. The van der Waals surface area contributed by atoms with Gasteiger partial charge in [0.2, 0.25) is 10.0 Å². The Bertz CT molecular complexity index is 1050. The number of nitrogens with one attached hydrogen (secondary N) is 2. The number of benzene rings is 2. The third kappa shape index (κ3) is 6.63. The van der Waals surface area contributed by atoms with E-state index in [0.717, 1.165) is 0 Å². The summed E-state index contributed by atoms with van der Waals surface area (Å²) >= 11 is 0. The van der Waals surface area contributed by atoms with Crippen LogP contribution in [0.15, 0.2) is 59.5 Å². The standard InChI is InChI=1S/C22H27N3O6S/c1-4-25(5-2)32(29,30)19-13-9-12-18(14-19)24-20(26)15-31-22(28)16(3)23-21(27)17-10-7-6-8-11-17/h6-14,16H,4-5,15H2,1-3H3,(H,23,27)(H,24,26). The highest BCUT2D eigenvalue weighted by Gasteiger charge is 2.22. The van der Waals surface area contributed by atoms with Crippen molar-refractivity contribution in [1.29, 1.82) is 0 Å². The van der Waals surface area contributed by atoms with Crippen molar-refractivity contribution in [1.82, 2.24) is 9.62 Å². The van der Waals surface area contributed by atoms with Crippen LogP contribution in [0.3, 0.4) is 0 Å². The Hall–Kier alpha value is -3.24. The molecule has 0 fully saturated rings. The van der Waals surface area contributed by atoms with Gasteiger partial charge >= 0.3 is 5.97 Å². The molecule has 0 bridgehead atoms. The maximum atomic E-state index is 12.6. The Labute approximate surface area is 187 Å². The highest BCUT2D eigenvalue weighted by Crippen LogP contribution is 2.19. The minimum atomic E-state index is -3.67. The Morgan fingerprint density at radius 1 is 1.00 bits per heavy atom. The first-order chi connectivity index (χ1) is 15.2. The lowest BCUT2D eigenvalue weighted by molar-refractivity contribution is -0.148. The van der Waals surface area contributed by atoms with Gasteiger partial charge in [-0.1, -0.05) is 38.1 Å². The first-order valence-electron chi connectivity index (χ1n) is 10.1. The first-order valence-corrected chi connectivity index (χ1v) is 11.6. The van der Waals surface area contributed by atoms with Gasteiger partial charge in [0.05, 0.1) is 4.90 Å². The van der Waals surface area contributed by atoms with E-state index in [0.29, 0.717) is 18.7 Å². The van der Waals surface area contributed by atoms with E-state index in [1.165, 1.54) is 35.5 Å². The van der Waals surface area contributed by atoms with Gasteiger partial charge in [0.15, 0.2) is 6.61 Å². The van der Waals surface area contributed by atoms with Crippen LogP contribution in [0.1, 0.15) is 31.1 Å². The van der Waals surface area contributed by atoms with Gasteiger partial charge in [-0.05, 0) is 37.3 Å². The van der Waals surface area contributed by atoms with Crippen molar-refractivity contribution in [3.05, 3.63) is 60.2 Å². The van der Waals surface area contributed by atoms with E-state index < -0.39 is 40.5 Å². The van der Waals surface area contributed by atoms with Crippen LogP contribution in [0.2, 0.25) is 0 Å². The summed E-state index contributed by atoms with van der Waals surface area (Å²) in [6, 6.07) is 13.2. The molecule has 1 atom stereocenters. The van der Waals surface area contributed by atoms with Crippen LogP contribution >= 0.6 is 0 Å². The maximum absolute atomic E-state index is 12.6. The minimum Gasteiger partial charge on any atom is -0.454 e. The molecule has 2 aromatic rings. The zero-order valence-electron chi connectivity index (χ0n) is 18.2. The van der Waals surface area contributed by atoms with Crippen LogP contribution in [0.4, 0.5) is 5.69 Å². The van der Waals surface area contributed by atoms with Crippen molar-refractivity contribution in [2.24, 2.45) is 0 Å². The molecule has 1 unspecified atom stereocenters. The predicted molar refractivity (Wildman–Crippen MR) is 120 cm³/mol. The van der Waals surface area contributed by atoms with Crippen molar-refractivity contribution in [2.45, 2.75) is 31.7 Å². The van der Waals surface area contributed by atoms with Crippen LogP contribution in [0.5, 0.6) is 0 Å². The van der Waals surface area contributed by atoms with Gasteiger partial charge in [0, 0.05) is 24.3 Å². The molecule has 10 heteroatoms. The zero-order chi connectivity index (χ0) is 23.7. The smallest absolute Gasteiger partial charge is 0.328 e. The van der Waals surface area contributed by atoms with E-state index >= 15 is 0 Å². The molecule has 2 aromatic carbocycles. The molecule has 0 saturated carbocycles. The van der Waals surface area contributed by atoms with E-state index in [1.807, 2.05) is 0 Å². The predicted octanol–water partition coefficient (Wildman–Crippen LogP) is 2.02. The monoisotopic (exact) mass is 461 g/mol. The fraction of sp³-hybridized carbons (Fsp3) is 0.318. The molecule has 9 nitrogen and oxygen atoms in total. The summed E-state index contributed by atoms with van der Waals surface area (Å²) in [5, 5.41) is 5.00. The van der Waals surface area contributed by atoms with Crippen LogP contribution < -0.4 is 10.6 Å². The number of ether oxygens (including phenoxy) is 1. The van der Waals surface area contributed by atoms with Crippen LogP contribution in [0, 0.1) is 0 Å². The van der Waals surface area contributed by atoms with Crippen molar-refractivity contribution in [2.75, 3.05) is 25.0 Å². The van der Waals surface area contributed by atoms with Crippen molar-refractivity contribution < 1.29 is 27.5 Å². The lowest BCUT2D eigenvalue weighted by Crippen LogP contribution is -2.40. The molecular formula is C22H27N3O6S. The molecule has 0 spiro atoms. The Kier molecular flexibility index (Phi) is 8.91. The summed E-state index contributed by atoms with van der Waals surface area (Å²) in [7, 11) is -3.67. The van der Waals surface area contributed by atoms with Crippen molar-refractivity contribution >= 4 is 33.5 Å². The molecule has 0 aliphatic rings. The molecule has 0 radical (unpaired) electrons. The fourth-order valence-corrected chi connectivity index (χ4v) is 4.34. The molecule has 0 heterocycles. The summed E-state index contributed by atoms with van der Waals surface area (Å²) in [6.07, 6.45) is 0. The molecule has 2 rings (SSSR count). The molecule has 2 amide bonds. The number of carbonyl (C=O) groups is 3. The molecule has 0 aliphatic heterocycles. The molecule has 0 aromatic heterocycles. The summed E-state index contributed by atoms with van der Waals surface area (Å²) in [5.74, 6) is -1.86. The number of hydrogen-bond donors (Lipinski definition) is 2. The molecule has 2 N–H and O–H groups in total. The highest BCUT2D eigenvalue weighted by molar-refractivity contribution is 7.89. The number of sulfonamides is 1. The number of nitrogens with zero attached hydrogens (tertiary/aromatic N) is 1. The summed E-state index contributed by atoms with van der Waals surface area (Å²) < 4.78 is 31.5. The SMILES string of the molecule is CCN(CC)S(=O)(=O)c1cccc(NC(=O)COC(=O)C(C)NC(=O)c2ccccc2)c1. The van der Waals surface area contributed by atoms with E-state index in [4.69, 9.17) is 4.74 Å². The van der Waals surface area contributed by atoms with E-state index in [9.17, 15) is 22.8 Å². The second-order valence-electron chi connectivity index (χ2n) is 6.83. The first kappa shape index (κ1) is 25.0. The van der Waals surface area contributed by atoms with E-state index in [2.05, 4.69) is 10.6 Å². The molecule has 0 saturated heterocycles. The van der Waals surface area contributed by atoms with Crippen LogP contribution in [0.25, 0.3) is 0 Å². The molecule has 172 valence electrons. The third-order valence-electron chi connectivity index (χ3n) is 4.54. The number of anilines is 1. The van der Waals surface area contributed by atoms with Gasteiger partial charge < -0.3 is 15.4 Å². The van der Waals surface area contributed by atoms with Gasteiger partial charge in [-0.3, -0.25) is 9.59 Å². The normalized spacial score (nSPS) is 12.1. The average molecular weight is 462 g/mol. The maximum Gasteiger partial charge on any atom is 0.328 e. The Balaban J connectivity index is 1.91. The Morgan fingerprint density at radius 3 is 2.28 bits per heavy atom. The quantitative estimate of drug-likeness (QED) is 0.522. The second-order valence-corrected chi connectivity index (χ2v) is 8.77. The van der Waals surface area contributed by atoms with Crippen molar-refractivity contribution in [3.8, 4) is 0 Å². The average Bonchev–Trinajstić information content (AvgIpc) is 2.78. The van der Waals surface area contributed by atoms with Gasteiger partial charge in [-0.2, -0.15) is 4.31 Å². The number of esters is 1. The summed E-state index contributed by atoms with van der Waals surface area (Å²) in [6.45, 7) is 4.99. The number of rotatable bonds is 10. The number of amides is 2. The lowest BCUT2D eigenvalue weighted by Gasteiger charge is -2.19. The molecule has 0 aliphatic carbocycles. The fourth-order valence-electron chi connectivity index (χ4n) is 2.83. The van der Waals surface area contributed by atoms with E-state index in [-0.39, 0.29) is 10.6 Å². The lowest BCUT2D eigenvalue weighted by atomic mass is 10.2. The van der Waals surface area contributed by atoms with Crippen molar-refractivity contribution in [3.63, 3.8) is 0 Å². The van der Waals surface area contributed by atoms with Gasteiger partial charge in [-0.15, -0.1) is 0 Å². The highest BCUT2D eigenvalue weighted by atomic mass is 32.2. The minimum absolute atomic E-state index is 0.0493. The Morgan fingerprint density at radius 2 is 1.66 bits per heavy atom. The van der Waals surface area contributed by atoms with Gasteiger partial charge in [-0.25, -0.2) is 13.2 Å².